The van der Waals surface area contributed by atoms with Crippen LogP contribution in [0, 0.1) is 6.92 Å². The predicted octanol–water partition coefficient (Wildman–Crippen LogP) is 4.22. The molecular weight excluding hydrogens is 332 g/mol. The first-order chi connectivity index (χ1) is 4.13. The van der Waals surface area contributed by atoms with E-state index in [-0.39, 0.29) is 0 Å². The lowest BCUT2D eigenvalue weighted by Gasteiger charge is -1.83. The highest BCUT2D eigenvalue weighted by Gasteiger charge is 2.07. The maximum absolute atomic E-state index is 3.81. The molecule has 1 heterocycles. The largest absolute Gasteiger partial charge is 0.131 e. The Bertz CT molecular complexity index is 206. The molecule has 0 saturated carbocycles. The summed E-state index contributed by atoms with van der Waals surface area (Å²) in [7, 11) is 0. The molecule has 49 valence electrons. The fourth-order valence-electron chi connectivity index (χ4n) is 0.406. The number of rotatable bonds is 0. The number of thiophene rings is 1. The summed E-state index contributed by atoms with van der Waals surface area (Å²) < 4.78 is 3.18. The molecule has 0 aliphatic carbocycles. The van der Waals surface area contributed by atoms with Crippen LogP contribution in [-0.2, 0) is 0 Å². The topological polar surface area (TPSA) is 0 Å². The van der Waals surface area contributed by atoms with Gasteiger partial charge in [0.05, 0.1) is 8.26 Å². The van der Waals surface area contributed by atoms with Crippen molar-refractivity contribution in [2.45, 2.75) is 0 Å². The van der Waals surface area contributed by atoms with E-state index in [1.165, 1.54) is 0 Å². The summed E-state index contributed by atoms with van der Waals surface area (Å²) in [6.07, 6.45) is 0. The van der Waals surface area contributed by atoms with Crippen molar-refractivity contribution in [3.8, 4) is 0 Å². The van der Waals surface area contributed by atoms with E-state index in [2.05, 4.69) is 54.7 Å². The van der Waals surface area contributed by atoms with Gasteiger partial charge in [0.2, 0.25) is 0 Å². The molecule has 9 heavy (non-hydrogen) atoms. The third-order valence-electron chi connectivity index (χ3n) is 0.823. The Balaban J connectivity index is 3.29. The van der Waals surface area contributed by atoms with Gasteiger partial charge in [-0.1, -0.05) is 0 Å². The molecule has 0 spiro atoms. The molecule has 4 heteroatoms. The van der Waals surface area contributed by atoms with E-state index < -0.39 is 0 Å². The first-order valence-electron chi connectivity index (χ1n) is 2.08. The van der Waals surface area contributed by atoms with Gasteiger partial charge in [0, 0.05) is 9.35 Å². The van der Waals surface area contributed by atoms with Crippen molar-refractivity contribution in [1.82, 2.24) is 0 Å². The summed E-state index contributed by atoms with van der Waals surface area (Å²) in [6, 6.07) is 0. The Labute approximate surface area is 83.0 Å². The lowest BCUT2D eigenvalue weighted by Crippen LogP contribution is -1.58. The van der Waals surface area contributed by atoms with E-state index in [1.807, 2.05) is 0 Å². The molecule has 0 unspecified atom stereocenters. The summed E-state index contributed by atoms with van der Waals surface area (Å²) >= 11 is 11.7. The Hall–Kier alpha value is 1.14. The van der Waals surface area contributed by atoms with Crippen LogP contribution in [0.4, 0.5) is 0 Å². The van der Waals surface area contributed by atoms with E-state index in [1.54, 1.807) is 11.3 Å². The van der Waals surface area contributed by atoms with Gasteiger partial charge in [-0.05, 0) is 54.7 Å². The van der Waals surface area contributed by atoms with Crippen molar-refractivity contribution in [2.24, 2.45) is 0 Å². The monoisotopic (exact) mass is 331 g/mol. The molecule has 0 atom stereocenters. The Morgan fingerprint density at radius 1 is 1.11 bits per heavy atom. The van der Waals surface area contributed by atoms with E-state index >= 15 is 0 Å². The number of hydrogen-bond acceptors (Lipinski definition) is 1. The lowest BCUT2D eigenvalue weighted by molar-refractivity contribution is 1.69. The smallest absolute Gasteiger partial charge is 0.0855 e. The fraction of sp³-hybridized carbons (Fsp3) is 0. The van der Waals surface area contributed by atoms with Crippen LogP contribution in [-0.4, -0.2) is 0 Å². The fourth-order valence-corrected chi connectivity index (χ4v) is 3.24. The minimum absolute atomic E-state index is 1.04. The van der Waals surface area contributed by atoms with Crippen molar-refractivity contribution in [2.75, 3.05) is 0 Å². The van der Waals surface area contributed by atoms with Crippen LogP contribution < -0.4 is 0 Å². The van der Waals surface area contributed by atoms with E-state index in [9.17, 15) is 0 Å². The minimum Gasteiger partial charge on any atom is -0.131 e. The highest BCUT2D eigenvalue weighted by Crippen LogP contribution is 2.40. The molecule has 0 saturated heterocycles. The van der Waals surface area contributed by atoms with Crippen LogP contribution >= 0.6 is 59.1 Å². The SMILES string of the molecule is [CH2]c1sc(Br)c(Br)c1Br. The van der Waals surface area contributed by atoms with Crippen LogP contribution in [0.1, 0.15) is 4.88 Å². The van der Waals surface area contributed by atoms with Crippen LogP contribution in [0.3, 0.4) is 0 Å². The Kier molecular flexibility index (Phi) is 2.77. The van der Waals surface area contributed by atoms with Gasteiger partial charge < -0.3 is 0 Å². The second kappa shape index (κ2) is 3.03. The summed E-state index contributed by atoms with van der Waals surface area (Å²) in [5, 5.41) is 0. The van der Waals surface area contributed by atoms with Gasteiger partial charge in [0.15, 0.2) is 0 Å². The zero-order valence-corrected chi connectivity index (χ0v) is 9.82. The van der Waals surface area contributed by atoms with E-state index in [0.29, 0.717) is 0 Å². The summed E-state index contributed by atoms with van der Waals surface area (Å²) in [5.74, 6) is 0. The van der Waals surface area contributed by atoms with Gasteiger partial charge in [-0.25, -0.2) is 0 Å². The van der Waals surface area contributed by atoms with Crippen molar-refractivity contribution < 1.29 is 0 Å². The number of hydrogen-bond donors (Lipinski definition) is 0. The molecule has 0 nitrogen and oxygen atoms in total. The molecule has 0 aliphatic rings. The van der Waals surface area contributed by atoms with Crippen LogP contribution in [0.25, 0.3) is 0 Å². The maximum Gasteiger partial charge on any atom is 0.0855 e. The molecule has 1 radical (unpaired) electrons. The molecule has 1 rings (SSSR count). The third-order valence-corrected chi connectivity index (χ3v) is 5.80. The van der Waals surface area contributed by atoms with Gasteiger partial charge in [-0.3, -0.25) is 0 Å². The molecule has 1 aromatic rings. The molecule has 0 aliphatic heterocycles. The van der Waals surface area contributed by atoms with Crippen molar-refractivity contribution >= 4 is 59.1 Å². The van der Waals surface area contributed by atoms with Gasteiger partial charge >= 0.3 is 0 Å². The van der Waals surface area contributed by atoms with Gasteiger partial charge in [-0.2, -0.15) is 0 Å². The Morgan fingerprint density at radius 2 is 1.67 bits per heavy atom. The predicted molar refractivity (Wildman–Crippen MR) is 51.9 cm³/mol. The van der Waals surface area contributed by atoms with Crippen LogP contribution in [0.5, 0.6) is 0 Å². The third kappa shape index (κ3) is 1.59. The highest BCUT2D eigenvalue weighted by atomic mass is 79.9. The van der Waals surface area contributed by atoms with E-state index in [4.69, 9.17) is 0 Å². The molecule has 0 fully saturated rings. The second-order valence-corrected chi connectivity index (χ2v) is 5.44. The normalized spacial score (nSPS) is 10.2. The molecular formula is C5H2Br3S. The lowest BCUT2D eigenvalue weighted by atomic mass is 10.5. The van der Waals surface area contributed by atoms with Gasteiger partial charge in [0.25, 0.3) is 0 Å². The minimum atomic E-state index is 1.04. The number of halogens is 3. The zero-order valence-electron chi connectivity index (χ0n) is 4.25. The summed E-state index contributed by atoms with van der Waals surface area (Å²) in [5.41, 5.74) is 0. The molecule has 1 aromatic heterocycles. The second-order valence-electron chi connectivity index (χ2n) is 1.43. The average molecular weight is 334 g/mol. The standard InChI is InChI=1S/C5H2Br3S/c1-2-3(6)4(7)5(8)9-2/h1H2. The summed E-state index contributed by atoms with van der Waals surface area (Å²) in [4.78, 5) is 1.04. The van der Waals surface area contributed by atoms with Crippen molar-refractivity contribution in [1.29, 1.82) is 0 Å². The summed E-state index contributed by atoms with van der Waals surface area (Å²) in [6.45, 7) is 3.81. The highest BCUT2D eigenvalue weighted by molar-refractivity contribution is 9.14. The van der Waals surface area contributed by atoms with Crippen LogP contribution in [0.15, 0.2) is 12.7 Å². The Morgan fingerprint density at radius 3 is 1.78 bits per heavy atom. The zero-order chi connectivity index (χ0) is 7.02. The molecule has 0 bridgehead atoms. The van der Waals surface area contributed by atoms with Crippen molar-refractivity contribution in [3.05, 3.63) is 24.5 Å². The average Bonchev–Trinajstić information content (AvgIpc) is 1.98. The van der Waals surface area contributed by atoms with Crippen molar-refractivity contribution in [3.63, 3.8) is 0 Å². The maximum atomic E-state index is 3.81. The first-order valence-corrected chi connectivity index (χ1v) is 5.27. The molecule has 0 aromatic carbocycles. The van der Waals surface area contributed by atoms with Gasteiger partial charge in [0.1, 0.15) is 0 Å². The quantitative estimate of drug-likeness (QED) is 0.667. The van der Waals surface area contributed by atoms with Crippen LogP contribution in [0.2, 0.25) is 0 Å². The van der Waals surface area contributed by atoms with E-state index in [0.717, 1.165) is 17.6 Å². The molecule has 0 amide bonds. The molecule has 0 N–H and O–H groups in total. The van der Waals surface area contributed by atoms with Gasteiger partial charge in [-0.15, -0.1) is 11.3 Å². The first kappa shape index (κ1) is 8.24.